The number of thioether (sulfide) groups is 1. The molecule has 144 valence electrons. The summed E-state index contributed by atoms with van der Waals surface area (Å²) in [7, 11) is 0. The highest BCUT2D eigenvalue weighted by Crippen LogP contribution is 2.41. The molecule has 5 nitrogen and oxygen atoms in total. The molecule has 0 spiro atoms. The van der Waals surface area contributed by atoms with Crippen molar-refractivity contribution in [3.05, 3.63) is 74.3 Å². The zero-order chi connectivity index (χ0) is 20.3. The Morgan fingerprint density at radius 2 is 1.89 bits per heavy atom. The van der Waals surface area contributed by atoms with Crippen LogP contribution in [0.1, 0.15) is 12.5 Å². The minimum atomic E-state index is -0.676. The lowest BCUT2D eigenvalue weighted by atomic mass is 10.1. The molecule has 0 radical (unpaired) electrons. The Hall–Kier alpha value is -2.41. The quantitative estimate of drug-likeness (QED) is 0.584. The number of aliphatic imine (C=N–C) groups is 1. The number of phenols is 1. The second kappa shape index (κ2) is 8.73. The van der Waals surface area contributed by atoms with E-state index in [4.69, 9.17) is 27.9 Å². The first-order chi connectivity index (χ1) is 13.4. The molecule has 2 aromatic carbocycles. The van der Waals surface area contributed by atoms with Gasteiger partial charge in [-0.25, -0.2) is 9.79 Å². The molecular weight excluding hydrogens is 421 g/mol. The normalized spacial score (nSPS) is 16.8. The number of aliphatic hydroxyl groups excluding tert-OH is 1. The number of carbonyl (C=O) groups excluding carboxylic acids is 1. The molecular formula is C20H15Cl2NO4S. The Labute approximate surface area is 176 Å². The summed E-state index contributed by atoms with van der Waals surface area (Å²) in [4.78, 5) is 17.2. The molecule has 2 N–H and O–H groups in total. The molecule has 8 heteroatoms. The molecule has 28 heavy (non-hydrogen) atoms. The van der Waals surface area contributed by atoms with E-state index in [0.29, 0.717) is 20.6 Å². The molecule has 1 aliphatic heterocycles. The maximum Gasteiger partial charge on any atom is 0.344 e. The number of halogens is 2. The van der Waals surface area contributed by atoms with Crippen molar-refractivity contribution >= 4 is 57.7 Å². The van der Waals surface area contributed by atoms with Crippen LogP contribution < -0.4 is 0 Å². The largest absolute Gasteiger partial charge is 0.508 e. The number of ether oxygens (including phenoxy) is 1. The maximum atomic E-state index is 12.4. The van der Waals surface area contributed by atoms with Crippen LogP contribution in [0.4, 0.5) is 5.69 Å². The average molecular weight is 436 g/mol. The van der Waals surface area contributed by atoms with Crippen molar-refractivity contribution in [1.29, 1.82) is 0 Å². The lowest BCUT2D eigenvalue weighted by Crippen LogP contribution is -2.12. The molecule has 0 fully saturated rings. The van der Waals surface area contributed by atoms with Crippen LogP contribution in [0.15, 0.2) is 63.7 Å². The molecule has 2 aromatic rings. The fourth-order valence-electron chi connectivity index (χ4n) is 2.40. The summed E-state index contributed by atoms with van der Waals surface area (Å²) in [5.74, 6) is -0.765. The predicted molar refractivity (Wildman–Crippen MR) is 114 cm³/mol. The van der Waals surface area contributed by atoms with Gasteiger partial charge in [0.05, 0.1) is 22.2 Å². The Bertz CT molecular complexity index is 1010. The van der Waals surface area contributed by atoms with Crippen LogP contribution in [-0.2, 0) is 9.53 Å². The highest BCUT2D eigenvalue weighted by Gasteiger charge is 2.33. The van der Waals surface area contributed by atoms with Crippen LogP contribution in [0.5, 0.6) is 5.75 Å². The summed E-state index contributed by atoms with van der Waals surface area (Å²) in [6.07, 6.45) is 1.69. The van der Waals surface area contributed by atoms with E-state index in [1.165, 1.54) is 12.1 Å². The smallest absolute Gasteiger partial charge is 0.344 e. The third kappa shape index (κ3) is 4.52. The first-order valence-corrected chi connectivity index (χ1v) is 9.79. The average Bonchev–Trinajstić information content (AvgIpc) is 2.95. The summed E-state index contributed by atoms with van der Waals surface area (Å²) in [5.41, 5.74) is 1.12. The highest BCUT2D eigenvalue weighted by molar-refractivity contribution is 8.18. The van der Waals surface area contributed by atoms with Crippen molar-refractivity contribution in [2.75, 3.05) is 6.61 Å². The van der Waals surface area contributed by atoms with Gasteiger partial charge in [-0.1, -0.05) is 47.1 Å². The van der Waals surface area contributed by atoms with Crippen molar-refractivity contribution in [3.63, 3.8) is 0 Å². The van der Waals surface area contributed by atoms with Gasteiger partial charge in [0.1, 0.15) is 22.1 Å². The van der Waals surface area contributed by atoms with Gasteiger partial charge in [0.15, 0.2) is 0 Å². The summed E-state index contributed by atoms with van der Waals surface area (Å²) < 4.78 is 5.06. The Morgan fingerprint density at radius 1 is 1.18 bits per heavy atom. The third-order valence-corrected chi connectivity index (χ3v) is 5.25. The van der Waals surface area contributed by atoms with Crippen LogP contribution in [0, 0.1) is 0 Å². The van der Waals surface area contributed by atoms with E-state index in [1.807, 2.05) is 0 Å². The Kier molecular flexibility index (Phi) is 6.34. The van der Waals surface area contributed by atoms with Crippen molar-refractivity contribution < 1.29 is 19.7 Å². The van der Waals surface area contributed by atoms with Crippen molar-refractivity contribution in [1.82, 2.24) is 0 Å². The van der Waals surface area contributed by atoms with E-state index in [9.17, 15) is 15.0 Å². The molecule has 3 rings (SSSR count). The van der Waals surface area contributed by atoms with Gasteiger partial charge < -0.3 is 14.9 Å². The van der Waals surface area contributed by atoms with E-state index < -0.39 is 5.97 Å². The molecule has 0 aromatic heterocycles. The van der Waals surface area contributed by atoms with Crippen LogP contribution in [-0.4, -0.2) is 27.8 Å². The van der Waals surface area contributed by atoms with Crippen LogP contribution >= 0.6 is 35.0 Å². The van der Waals surface area contributed by atoms with Crippen molar-refractivity contribution in [2.24, 2.45) is 4.99 Å². The highest BCUT2D eigenvalue weighted by atomic mass is 35.5. The van der Waals surface area contributed by atoms with Crippen LogP contribution in [0.25, 0.3) is 6.08 Å². The van der Waals surface area contributed by atoms with Gasteiger partial charge in [-0.15, -0.1) is 0 Å². The first-order valence-electron chi connectivity index (χ1n) is 8.22. The zero-order valence-corrected chi connectivity index (χ0v) is 17.0. The molecule has 1 heterocycles. The number of benzene rings is 2. The van der Waals surface area contributed by atoms with Gasteiger partial charge >= 0.3 is 5.97 Å². The van der Waals surface area contributed by atoms with Gasteiger partial charge in [-0.3, -0.25) is 0 Å². The minimum Gasteiger partial charge on any atom is -0.508 e. The summed E-state index contributed by atoms with van der Waals surface area (Å²) in [5, 5.41) is 21.1. The summed E-state index contributed by atoms with van der Waals surface area (Å²) >= 11 is 13.2. The lowest BCUT2D eigenvalue weighted by Gasteiger charge is -2.05. The zero-order valence-electron chi connectivity index (χ0n) is 14.6. The van der Waals surface area contributed by atoms with E-state index in [1.54, 1.807) is 43.3 Å². The summed E-state index contributed by atoms with van der Waals surface area (Å²) in [6.45, 7) is 1.84. The van der Waals surface area contributed by atoms with E-state index >= 15 is 0 Å². The number of carbonyl (C=O) groups is 1. The molecule has 0 saturated heterocycles. The number of hydrogen-bond donors (Lipinski definition) is 2. The number of nitrogens with zero attached hydrogens (tertiary/aromatic N) is 1. The minimum absolute atomic E-state index is 0.0251. The number of aromatic hydroxyl groups is 1. The number of phenolic OH excluding ortho intramolecular Hbond substituents is 1. The first kappa shape index (κ1) is 20.3. The second-order valence-corrected chi connectivity index (χ2v) is 7.53. The molecule has 0 atom stereocenters. The SMILES string of the molecule is CCOC(=O)C1=C(O)C(=Cc2ccc(O)cc2)SC1=Nc1ccc(Cl)cc1Cl. The third-order valence-electron chi connectivity index (χ3n) is 3.69. The molecule has 1 aliphatic rings. The van der Waals surface area contributed by atoms with Gasteiger partial charge in [0, 0.05) is 5.02 Å². The van der Waals surface area contributed by atoms with Crippen molar-refractivity contribution in [3.8, 4) is 5.75 Å². The fraction of sp³-hybridized carbons (Fsp3) is 0.100. The molecule has 0 amide bonds. The van der Waals surface area contributed by atoms with E-state index in [-0.39, 0.29) is 28.7 Å². The fourth-order valence-corrected chi connectivity index (χ4v) is 3.87. The topological polar surface area (TPSA) is 79.1 Å². The van der Waals surface area contributed by atoms with Gasteiger partial charge in [0.25, 0.3) is 0 Å². The van der Waals surface area contributed by atoms with Gasteiger partial charge in [0.2, 0.25) is 0 Å². The number of hydrogen-bond acceptors (Lipinski definition) is 6. The molecule has 0 aliphatic carbocycles. The Balaban J connectivity index is 2.05. The molecule has 0 saturated carbocycles. The lowest BCUT2D eigenvalue weighted by molar-refractivity contribution is -0.138. The van der Waals surface area contributed by atoms with Gasteiger partial charge in [-0.2, -0.15) is 0 Å². The summed E-state index contributed by atoms with van der Waals surface area (Å²) in [6, 6.07) is 11.2. The number of esters is 1. The maximum absolute atomic E-state index is 12.4. The number of aliphatic hydroxyl groups is 1. The van der Waals surface area contributed by atoms with E-state index in [0.717, 1.165) is 17.3 Å². The van der Waals surface area contributed by atoms with Crippen molar-refractivity contribution in [2.45, 2.75) is 6.92 Å². The predicted octanol–water partition coefficient (Wildman–Crippen LogP) is 5.89. The Morgan fingerprint density at radius 3 is 2.54 bits per heavy atom. The molecule has 0 bridgehead atoms. The van der Waals surface area contributed by atoms with Crippen LogP contribution in [0.3, 0.4) is 0 Å². The van der Waals surface area contributed by atoms with E-state index in [2.05, 4.69) is 4.99 Å². The number of rotatable bonds is 4. The second-order valence-electron chi connectivity index (χ2n) is 5.66. The van der Waals surface area contributed by atoms with Gasteiger partial charge in [-0.05, 0) is 48.9 Å². The monoisotopic (exact) mass is 435 g/mol. The van der Waals surface area contributed by atoms with Crippen LogP contribution in [0.2, 0.25) is 10.0 Å². The molecule has 0 unspecified atom stereocenters. The standard InChI is InChI=1S/C20H15Cl2NO4S/c1-2-27-20(26)17-18(25)16(9-11-3-6-13(24)7-4-11)28-19(17)23-15-8-5-12(21)10-14(15)22/h3-10,24-25H,2H2,1H3.